The Labute approximate surface area is 171 Å². The number of nitrogens with one attached hydrogen (secondary N) is 1. The maximum Gasteiger partial charge on any atom is 0.257 e. The van der Waals surface area contributed by atoms with Crippen LogP contribution in [0.25, 0.3) is 0 Å². The van der Waals surface area contributed by atoms with E-state index in [-0.39, 0.29) is 23.8 Å². The number of aromatic nitrogens is 4. The van der Waals surface area contributed by atoms with Crippen molar-refractivity contribution in [1.29, 1.82) is 0 Å². The fraction of sp³-hybridized carbons (Fsp3) is 0.550. The van der Waals surface area contributed by atoms with Crippen molar-refractivity contribution in [2.24, 2.45) is 7.05 Å². The van der Waals surface area contributed by atoms with Gasteiger partial charge in [0, 0.05) is 58.6 Å². The first-order chi connectivity index (χ1) is 13.7. The molecular weight excluding hydrogens is 370 g/mol. The number of hydrogen-bond acceptors (Lipinski definition) is 6. The summed E-state index contributed by atoms with van der Waals surface area (Å²) in [4.78, 5) is 38.3. The first-order valence-corrected chi connectivity index (χ1v) is 9.82. The molecule has 1 aliphatic heterocycles. The molecule has 29 heavy (non-hydrogen) atoms. The van der Waals surface area contributed by atoms with Crippen LogP contribution in [0.4, 0.5) is 5.95 Å². The lowest BCUT2D eigenvalue weighted by molar-refractivity contribution is 0.0790. The summed E-state index contributed by atoms with van der Waals surface area (Å²) in [5.41, 5.74) is 2.50. The average molecular weight is 399 g/mol. The van der Waals surface area contributed by atoms with Gasteiger partial charge in [0.1, 0.15) is 0 Å². The Kier molecular flexibility index (Phi) is 5.86. The Hall–Kier alpha value is -2.97. The number of hydrogen-bond donors (Lipinski definition) is 1. The van der Waals surface area contributed by atoms with Crippen molar-refractivity contribution in [2.75, 3.05) is 32.1 Å². The van der Waals surface area contributed by atoms with Crippen LogP contribution in [0.2, 0.25) is 0 Å². The molecule has 0 radical (unpaired) electrons. The first-order valence-electron chi connectivity index (χ1n) is 9.82. The summed E-state index contributed by atoms with van der Waals surface area (Å²) in [5.74, 6) is 0.306. The van der Waals surface area contributed by atoms with E-state index in [1.807, 2.05) is 44.7 Å². The van der Waals surface area contributed by atoms with E-state index in [0.29, 0.717) is 35.9 Å². The van der Waals surface area contributed by atoms with Crippen molar-refractivity contribution >= 4 is 17.8 Å². The van der Waals surface area contributed by atoms with Crippen molar-refractivity contribution < 1.29 is 9.59 Å². The maximum atomic E-state index is 12.9. The molecule has 9 heteroatoms. The van der Waals surface area contributed by atoms with Gasteiger partial charge in [-0.05, 0) is 27.2 Å². The van der Waals surface area contributed by atoms with Crippen molar-refractivity contribution in [3.8, 4) is 0 Å². The minimum absolute atomic E-state index is 0.0130. The van der Waals surface area contributed by atoms with E-state index < -0.39 is 0 Å². The molecule has 3 heterocycles. The fourth-order valence-corrected chi connectivity index (χ4v) is 3.57. The third kappa shape index (κ3) is 4.38. The van der Waals surface area contributed by atoms with E-state index in [2.05, 4.69) is 20.4 Å². The third-order valence-electron chi connectivity index (χ3n) is 4.98. The highest BCUT2D eigenvalue weighted by molar-refractivity contribution is 5.96. The minimum Gasteiger partial charge on any atom is -0.350 e. The van der Waals surface area contributed by atoms with Crippen LogP contribution in [-0.2, 0) is 7.05 Å². The van der Waals surface area contributed by atoms with Gasteiger partial charge in [0.25, 0.3) is 11.8 Å². The fourth-order valence-electron chi connectivity index (χ4n) is 3.57. The highest BCUT2D eigenvalue weighted by atomic mass is 16.2. The van der Waals surface area contributed by atoms with Crippen LogP contribution in [-0.4, -0.2) is 69.7 Å². The lowest BCUT2D eigenvalue weighted by Gasteiger charge is -2.19. The summed E-state index contributed by atoms with van der Waals surface area (Å²) < 4.78 is 1.65. The van der Waals surface area contributed by atoms with Gasteiger partial charge in [0.15, 0.2) is 0 Å². The standard InChI is InChI=1S/C20H29N7O2/c1-12(2)22-18(28)15-9-21-20(25(4)5)23-17(15)14-7-8-27(10-14)19(29)16-11-26(6)24-13(16)3/h9,11-12,14H,7-8,10H2,1-6H3,(H,22,28). The Balaban J connectivity index is 1.87. The SMILES string of the molecule is Cc1nn(C)cc1C(=O)N1CCC(c2nc(N(C)C)ncc2C(=O)NC(C)C)C1. The van der Waals surface area contributed by atoms with Crippen molar-refractivity contribution in [3.05, 3.63) is 34.9 Å². The van der Waals surface area contributed by atoms with Gasteiger partial charge in [0.05, 0.1) is 22.5 Å². The molecule has 3 rings (SSSR count). The van der Waals surface area contributed by atoms with Crippen LogP contribution >= 0.6 is 0 Å². The molecule has 156 valence electrons. The second kappa shape index (κ2) is 8.18. The Morgan fingerprint density at radius 1 is 1.28 bits per heavy atom. The Morgan fingerprint density at radius 3 is 2.59 bits per heavy atom. The molecule has 2 aromatic heterocycles. The quantitative estimate of drug-likeness (QED) is 0.815. The number of carbonyl (C=O) groups excluding carboxylic acids is 2. The van der Waals surface area contributed by atoms with Gasteiger partial charge >= 0.3 is 0 Å². The monoisotopic (exact) mass is 399 g/mol. The molecule has 0 aliphatic carbocycles. The van der Waals surface area contributed by atoms with Crippen LogP contribution in [0, 0.1) is 6.92 Å². The van der Waals surface area contributed by atoms with Gasteiger partial charge in [-0.25, -0.2) is 9.97 Å². The predicted molar refractivity (Wildman–Crippen MR) is 110 cm³/mol. The smallest absolute Gasteiger partial charge is 0.257 e. The molecule has 2 amide bonds. The first kappa shape index (κ1) is 20.8. The molecule has 1 fully saturated rings. The minimum atomic E-state index is -0.187. The molecule has 9 nitrogen and oxygen atoms in total. The van der Waals surface area contributed by atoms with E-state index in [1.165, 1.54) is 0 Å². The molecule has 0 aromatic carbocycles. The van der Waals surface area contributed by atoms with Crippen LogP contribution < -0.4 is 10.2 Å². The van der Waals surface area contributed by atoms with Crippen molar-refractivity contribution in [3.63, 3.8) is 0 Å². The van der Waals surface area contributed by atoms with Crippen LogP contribution in [0.1, 0.15) is 58.3 Å². The second-order valence-corrected chi connectivity index (χ2v) is 8.03. The second-order valence-electron chi connectivity index (χ2n) is 8.03. The van der Waals surface area contributed by atoms with E-state index in [1.54, 1.807) is 24.1 Å². The molecule has 0 bridgehead atoms. The van der Waals surface area contributed by atoms with Gasteiger partial charge in [-0.1, -0.05) is 0 Å². The molecule has 1 unspecified atom stereocenters. The number of amides is 2. The molecule has 1 atom stereocenters. The summed E-state index contributed by atoms with van der Waals surface area (Å²) in [6.07, 6.45) is 4.09. The molecule has 1 aliphatic rings. The predicted octanol–water partition coefficient (Wildman–Crippen LogP) is 1.35. The van der Waals surface area contributed by atoms with Gasteiger partial charge < -0.3 is 15.1 Å². The lowest BCUT2D eigenvalue weighted by Crippen LogP contribution is -2.32. The number of nitrogens with zero attached hydrogens (tertiary/aromatic N) is 6. The van der Waals surface area contributed by atoms with Gasteiger partial charge in [-0.3, -0.25) is 14.3 Å². The molecule has 2 aromatic rings. The summed E-state index contributed by atoms with van der Waals surface area (Å²) in [6.45, 7) is 6.80. The molecule has 1 saturated heterocycles. The molecule has 1 N–H and O–H groups in total. The highest BCUT2D eigenvalue weighted by Crippen LogP contribution is 2.30. The summed E-state index contributed by atoms with van der Waals surface area (Å²) in [7, 11) is 5.53. The molecule has 0 saturated carbocycles. The van der Waals surface area contributed by atoms with Crippen LogP contribution in [0.5, 0.6) is 0 Å². The van der Waals surface area contributed by atoms with E-state index in [9.17, 15) is 9.59 Å². The zero-order valence-corrected chi connectivity index (χ0v) is 17.9. The third-order valence-corrected chi connectivity index (χ3v) is 4.98. The van der Waals surface area contributed by atoms with Gasteiger partial charge in [-0.15, -0.1) is 0 Å². The lowest BCUT2D eigenvalue weighted by atomic mass is 9.99. The number of anilines is 1. The zero-order chi connectivity index (χ0) is 21.3. The van der Waals surface area contributed by atoms with Crippen LogP contribution in [0.15, 0.2) is 12.4 Å². The van der Waals surface area contributed by atoms with E-state index in [4.69, 9.17) is 0 Å². The number of likely N-dealkylation sites (tertiary alicyclic amines) is 1. The Morgan fingerprint density at radius 2 is 2.00 bits per heavy atom. The van der Waals surface area contributed by atoms with E-state index in [0.717, 1.165) is 12.1 Å². The summed E-state index contributed by atoms with van der Waals surface area (Å²) >= 11 is 0. The number of carbonyl (C=O) groups is 2. The largest absolute Gasteiger partial charge is 0.350 e. The van der Waals surface area contributed by atoms with Gasteiger partial charge in [-0.2, -0.15) is 5.10 Å². The molecule has 0 spiro atoms. The van der Waals surface area contributed by atoms with Crippen molar-refractivity contribution in [2.45, 2.75) is 39.2 Å². The van der Waals surface area contributed by atoms with Crippen LogP contribution in [0.3, 0.4) is 0 Å². The normalized spacial score (nSPS) is 16.4. The number of aryl methyl sites for hydroxylation is 2. The molecular formula is C20H29N7O2. The Bertz CT molecular complexity index is 920. The average Bonchev–Trinajstić information content (AvgIpc) is 3.26. The number of rotatable bonds is 5. The maximum absolute atomic E-state index is 12.9. The summed E-state index contributed by atoms with van der Waals surface area (Å²) in [5, 5.41) is 7.18. The topological polar surface area (TPSA) is 96.2 Å². The summed E-state index contributed by atoms with van der Waals surface area (Å²) in [6, 6.07) is 0.0130. The van der Waals surface area contributed by atoms with Gasteiger partial charge in [0.2, 0.25) is 5.95 Å². The van der Waals surface area contributed by atoms with Crippen molar-refractivity contribution in [1.82, 2.24) is 30.0 Å². The van der Waals surface area contributed by atoms with E-state index >= 15 is 0 Å². The highest BCUT2D eigenvalue weighted by Gasteiger charge is 2.33. The zero-order valence-electron chi connectivity index (χ0n) is 17.9.